The first-order chi connectivity index (χ1) is 11.0. The van der Waals surface area contributed by atoms with Crippen LogP contribution in [0.2, 0.25) is 0 Å². The summed E-state index contributed by atoms with van der Waals surface area (Å²) in [4.78, 5) is 0. The van der Waals surface area contributed by atoms with Crippen LogP contribution in [0.15, 0.2) is 36.4 Å². The first-order valence-corrected chi connectivity index (χ1v) is 6.67. The highest BCUT2D eigenvalue weighted by Crippen LogP contribution is 2.23. The average molecular weight is 330 g/mol. The lowest BCUT2D eigenvalue weighted by Crippen LogP contribution is -2.35. The second-order valence-corrected chi connectivity index (χ2v) is 4.63. The zero-order valence-corrected chi connectivity index (χ0v) is 11.8. The van der Waals surface area contributed by atoms with Gasteiger partial charge in [0.1, 0.15) is 24.1 Å². The Kier molecular flexibility index (Phi) is 5.78. The van der Waals surface area contributed by atoms with Crippen molar-refractivity contribution in [3.63, 3.8) is 0 Å². The molecule has 0 aliphatic rings. The number of aliphatic hydroxyl groups excluding tert-OH is 1. The molecule has 0 bridgehead atoms. The molecule has 0 aliphatic carbocycles. The van der Waals surface area contributed by atoms with Crippen molar-refractivity contribution in [3.05, 3.63) is 59.7 Å². The summed E-state index contributed by atoms with van der Waals surface area (Å²) in [5.41, 5.74) is 3.28. The summed E-state index contributed by atoms with van der Waals surface area (Å²) in [6, 6.07) is 8.81. The molecule has 0 saturated heterocycles. The maximum Gasteiger partial charge on any atom is 0.186 e. The largest absolute Gasteiger partial charge is 0.491 e. The summed E-state index contributed by atoms with van der Waals surface area (Å²) >= 11 is 0. The molecule has 0 fully saturated rings. The Labute approximate surface area is 129 Å². The standard InChI is InChI=1S/C15H14F4N2O2/c16-11-6-12(17)14(19)15(13(11)18)21-20-7-9(22)8-23-10-4-2-1-3-5-10/h1-6,9,20-22H,7-8H2/t9-/m0/s1. The van der Waals surface area contributed by atoms with E-state index in [1.54, 1.807) is 30.3 Å². The van der Waals surface area contributed by atoms with Gasteiger partial charge in [-0.15, -0.1) is 0 Å². The van der Waals surface area contributed by atoms with E-state index in [1.807, 2.05) is 5.43 Å². The highest BCUT2D eigenvalue weighted by atomic mass is 19.2. The summed E-state index contributed by atoms with van der Waals surface area (Å²) in [6.07, 6.45) is -1.02. The van der Waals surface area contributed by atoms with Crippen LogP contribution in [0.4, 0.5) is 23.2 Å². The SMILES string of the molecule is O[C@@H](CNNc1c(F)c(F)cc(F)c1F)COc1ccccc1. The van der Waals surface area contributed by atoms with E-state index in [0.717, 1.165) is 0 Å². The Bertz CT molecular complexity index is 629. The van der Waals surface area contributed by atoms with Crippen molar-refractivity contribution in [1.29, 1.82) is 0 Å². The summed E-state index contributed by atoms with van der Waals surface area (Å²) in [7, 11) is 0. The van der Waals surface area contributed by atoms with Crippen molar-refractivity contribution in [2.45, 2.75) is 6.10 Å². The molecule has 0 saturated carbocycles. The lowest BCUT2D eigenvalue weighted by atomic mass is 10.2. The molecule has 3 N–H and O–H groups in total. The number of ether oxygens (including phenoxy) is 1. The lowest BCUT2D eigenvalue weighted by molar-refractivity contribution is 0.108. The maximum absolute atomic E-state index is 13.4. The molecule has 4 nitrogen and oxygen atoms in total. The Morgan fingerprint density at radius 2 is 1.61 bits per heavy atom. The average Bonchev–Trinajstić information content (AvgIpc) is 2.55. The molecule has 2 aromatic carbocycles. The molecule has 1 atom stereocenters. The van der Waals surface area contributed by atoms with Gasteiger partial charge < -0.3 is 15.3 Å². The molecule has 0 aliphatic heterocycles. The van der Waals surface area contributed by atoms with Crippen LogP contribution in [-0.2, 0) is 0 Å². The molecule has 2 rings (SSSR count). The molecule has 8 heteroatoms. The number of rotatable bonds is 7. The first kappa shape index (κ1) is 17.0. The summed E-state index contributed by atoms with van der Waals surface area (Å²) < 4.78 is 58.0. The maximum atomic E-state index is 13.4. The minimum Gasteiger partial charge on any atom is -0.491 e. The predicted octanol–water partition coefficient (Wildman–Crippen LogP) is 2.60. The van der Waals surface area contributed by atoms with E-state index in [4.69, 9.17) is 4.74 Å². The van der Waals surface area contributed by atoms with Crippen LogP contribution in [0.25, 0.3) is 0 Å². The van der Waals surface area contributed by atoms with Crippen molar-refractivity contribution in [2.24, 2.45) is 0 Å². The monoisotopic (exact) mass is 330 g/mol. The number of benzene rings is 2. The van der Waals surface area contributed by atoms with Gasteiger partial charge in [0, 0.05) is 12.6 Å². The number of hydrazine groups is 1. The van der Waals surface area contributed by atoms with Gasteiger partial charge in [-0.25, -0.2) is 23.0 Å². The van der Waals surface area contributed by atoms with Crippen LogP contribution >= 0.6 is 0 Å². The minimum absolute atomic E-state index is 0.0822. The third-order valence-electron chi connectivity index (χ3n) is 2.85. The van der Waals surface area contributed by atoms with Gasteiger partial charge in [-0.1, -0.05) is 18.2 Å². The normalized spacial score (nSPS) is 12.0. The Hall–Kier alpha value is -2.32. The Morgan fingerprint density at radius 1 is 1.00 bits per heavy atom. The van der Waals surface area contributed by atoms with Gasteiger partial charge in [0.15, 0.2) is 23.3 Å². The van der Waals surface area contributed by atoms with E-state index in [-0.39, 0.29) is 19.2 Å². The number of anilines is 1. The summed E-state index contributed by atoms with van der Waals surface area (Å²) in [5, 5.41) is 9.67. The molecule has 124 valence electrons. The third kappa shape index (κ3) is 4.57. The van der Waals surface area contributed by atoms with Gasteiger partial charge in [0.05, 0.1) is 0 Å². The zero-order valence-electron chi connectivity index (χ0n) is 11.8. The van der Waals surface area contributed by atoms with E-state index < -0.39 is 35.1 Å². The summed E-state index contributed by atoms with van der Waals surface area (Å²) in [5.74, 6) is -5.64. The van der Waals surface area contributed by atoms with Crippen molar-refractivity contribution in [2.75, 3.05) is 18.6 Å². The fourth-order valence-corrected chi connectivity index (χ4v) is 1.71. The highest BCUT2D eigenvalue weighted by Gasteiger charge is 2.19. The van der Waals surface area contributed by atoms with E-state index >= 15 is 0 Å². The second-order valence-electron chi connectivity index (χ2n) is 4.63. The fourth-order valence-electron chi connectivity index (χ4n) is 1.71. The molecule has 2 aromatic rings. The molecular weight excluding hydrogens is 316 g/mol. The smallest absolute Gasteiger partial charge is 0.186 e. The van der Waals surface area contributed by atoms with Crippen molar-refractivity contribution >= 4 is 5.69 Å². The van der Waals surface area contributed by atoms with Crippen molar-refractivity contribution < 1.29 is 27.4 Å². The first-order valence-electron chi connectivity index (χ1n) is 6.67. The topological polar surface area (TPSA) is 53.5 Å². The minimum atomic E-state index is -1.56. The van der Waals surface area contributed by atoms with Gasteiger partial charge in [-0.05, 0) is 12.1 Å². The van der Waals surface area contributed by atoms with Crippen LogP contribution in [-0.4, -0.2) is 24.4 Å². The van der Waals surface area contributed by atoms with Crippen LogP contribution in [0.1, 0.15) is 0 Å². The zero-order chi connectivity index (χ0) is 16.8. The molecule has 0 spiro atoms. The molecule has 0 heterocycles. The van der Waals surface area contributed by atoms with Crippen molar-refractivity contribution in [1.82, 2.24) is 5.43 Å². The van der Waals surface area contributed by atoms with Gasteiger partial charge >= 0.3 is 0 Å². The molecule has 23 heavy (non-hydrogen) atoms. The van der Waals surface area contributed by atoms with Gasteiger partial charge in [-0.3, -0.25) is 0 Å². The Balaban J connectivity index is 1.83. The number of halogens is 4. The number of aliphatic hydroxyl groups is 1. The van der Waals surface area contributed by atoms with Crippen LogP contribution < -0.4 is 15.6 Å². The van der Waals surface area contributed by atoms with Crippen molar-refractivity contribution in [3.8, 4) is 5.75 Å². The van der Waals surface area contributed by atoms with E-state index in [9.17, 15) is 22.7 Å². The van der Waals surface area contributed by atoms with Gasteiger partial charge in [0.2, 0.25) is 0 Å². The van der Waals surface area contributed by atoms with Crippen LogP contribution in [0.3, 0.4) is 0 Å². The van der Waals surface area contributed by atoms with Crippen LogP contribution in [0, 0.1) is 23.3 Å². The number of para-hydroxylation sites is 1. The fraction of sp³-hybridized carbons (Fsp3) is 0.200. The van der Waals surface area contributed by atoms with E-state index in [0.29, 0.717) is 5.75 Å². The highest BCUT2D eigenvalue weighted by molar-refractivity contribution is 5.46. The third-order valence-corrected chi connectivity index (χ3v) is 2.85. The molecule has 0 amide bonds. The summed E-state index contributed by atoms with van der Waals surface area (Å²) in [6.45, 7) is -0.259. The molecule has 0 radical (unpaired) electrons. The molecular formula is C15H14F4N2O2. The number of hydrogen-bond donors (Lipinski definition) is 3. The number of hydrogen-bond acceptors (Lipinski definition) is 4. The number of nitrogens with one attached hydrogen (secondary N) is 2. The van der Waals surface area contributed by atoms with Gasteiger partial charge in [0.25, 0.3) is 0 Å². The molecule has 0 aromatic heterocycles. The molecule has 0 unspecified atom stereocenters. The Morgan fingerprint density at radius 3 is 2.22 bits per heavy atom. The van der Waals surface area contributed by atoms with E-state index in [2.05, 4.69) is 5.43 Å². The lowest BCUT2D eigenvalue weighted by Gasteiger charge is -2.15. The second kappa shape index (κ2) is 7.80. The predicted molar refractivity (Wildman–Crippen MR) is 75.8 cm³/mol. The quantitative estimate of drug-likeness (QED) is 0.415. The van der Waals surface area contributed by atoms with E-state index in [1.165, 1.54) is 0 Å². The van der Waals surface area contributed by atoms with Gasteiger partial charge in [-0.2, -0.15) is 0 Å². The van der Waals surface area contributed by atoms with Crippen LogP contribution in [0.5, 0.6) is 5.75 Å².